The lowest BCUT2D eigenvalue weighted by Gasteiger charge is -2.29. The number of piperidine rings is 1. The smallest absolute Gasteiger partial charge is 0.124 e. The van der Waals surface area contributed by atoms with Crippen molar-refractivity contribution in [2.45, 2.75) is 39.3 Å². The standard InChI is InChI=1S/C17H26N4/c1-14-7-11-20(12-8-14)13-17-19-15-5-2-3-6-16(15)21(17)10-4-9-18/h2-3,5-6,14H,4,7-13,18H2,1H3. The van der Waals surface area contributed by atoms with Crippen LogP contribution in [0.25, 0.3) is 11.0 Å². The topological polar surface area (TPSA) is 47.1 Å². The summed E-state index contributed by atoms with van der Waals surface area (Å²) in [6, 6.07) is 8.43. The Morgan fingerprint density at radius 2 is 2.00 bits per heavy atom. The summed E-state index contributed by atoms with van der Waals surface area (Å²) in [5, 5.41) is 0. The summed E-state index contributed by atoms with van der Waals surface area (Å²) in [5.74, 6) is 2.07. The molecule has 3 rings (SSSR count). The zero-order valence-electron chi connectivity index (χ0n) is 13.0. The zero-order chi connectivity index (χ0) is 14.7. The molecule has 0 radical (unpaired) electrons. The van der Waals surface area contributed by atoms with E-state index < -0.39 is 0 Å². The van der Waals surface area contributed by atoms with Crippen molar-refractivity contribution >= 4 is 11.0 Å². The third kappa shape index (κ3) is 3.27. The highest BCUT2D eigenvalue weighted by Crippen LogP contribution is 2.21. The summed E-state index contributed by atoms with van der Waals surface area (Å²) in [4.78, 5) is 7.40. The Kier molecular flexibility index (Phi) is 4.56. The van der Waals surface area contributed by atoms with Crippen LogP contribution in [0.3, 0.4) is 0 Å². The van der Waals surface area contributed by atoms with Gasteiger partial charge in [0.15, 0.2) is 0 Å². The molecule has 4 heteroatoms. The second-order valence-corrected chi connectivity index (χ2v) is 6.27. The number of hydrogen-bond acceptors (Lipinski definition) is 3. The maximum Gasteiger partial charge on any atom is 0.124 e. The van der Waals surface area contributed by atoms with E-state index >= 15 is 0 Å². The fraction of sp³-hybridized carbons (Fsp3) is 0.588. The Balaban J connectivity index is 1.82. The lowest BCUT2D eigenvalue weighted by Crippen LogP contribution is -2.33. The Labute approximate surface area is 126 Å². The molecule has 1 aromatic carbocycles. The largest absolute Gasteiger partial charge is 0.330 e. The lowest BCUT2D eigenvalue weighted by atomic mass is 9.99. The minimum atomic E-state index is 0.729. The number of nitrogens with zero attached hydrogens (tertiary/aromatic N) is 3. The van der Waals surface area contributed by atoms with E-state index in [9.17, 15) is 0 Å². The van der Waals surface area contributed by atoms with Crippen LogP contribution < -0.4 is 5.73 Å². The molecule has 1 aliphatic rings. The van der Waals surface area contributed by atoms with Gasteiger partial charge in [-0.3, -0.25) is 4.90 Å². The fourth-order valence-corrected chi connectivity index (χ4v) is 3.17. The van der Waals surface area contributed by atoms with Crippen LogP contribution in [0.5, 0.6) is 0 Å². The normalized spacial score (nSPS) is 17.6. The Hall–Kier alpha value is -1.39. The maximum absolute atomic E-state index is 5.69. The van der Waals surface area contributed by atoms with Gasteiger partial charge in [-0.25, -0.2) is 4.98 Å². The molecule has 2 N–H and O–H groups in total. The number of para-hydroxylation sites is 2. The van der Waals surface area contributed by atoms with Crippen LogP contribution in [0.4, 0.5) is 0 Å². The molecular formula is C17H26N4. The van der Waals surface area contributed by atoms with Crippen molar-refractivity contribution in [3.8, 4) is 0 Å². The molecule has 1 aromatic heterocycles. The molecule has 1 aliphatic heterocycles. The number of aryl methyl sites for hydroxylation is 1. The van der Waals surface area contributed by atoms with Gasteiger partial charge < -0.3 is 10.3 Å². The van der Waals surface area contributed by atoms with Gasteiger partial charge in [0.1, 0.15) is 5.82 Å². The molecule has 2 heterocycles. The number of fused-ring (bicyclic) bond motifs is 1. The van der Waals surface area contributed by atoms with Gasteiger partial charge in [-0.1, -0.05) is 19.1 Å². The predicted octanol–water partition coefficient (Wildman–Crippen LogP) is 2.62. The molecule has 2 aromatic rings. The lowest BCUT2D eigenvalue weighted by molar-refractivity contribution is 0.179. The van der Waals surface area contributed by atoms with Gasteiger partial charge in [-0.2, -0.15) is 0 Å². The number of likely N-dealkylation sites (tertiary alicyclic amines) is 1. The number of imidazole rings is 1. The molecule has 114 valence electrons. The average molecular weight is 286 g/mol. The van der Waals surface area contributed by atoms with Gasteiger partial charge in [0.25, 0.3) is 0 Å². The van der Waals surface area contributed by atoms with Gasteiger partial charge in [0, 0.05) is 6.54 Å². The zero-order valence-corrected chi connectivity index (χ0v) is 13.0. The van der Waals surface area contributed by atoms with Crippen molar-refractivity contribution in [2.24, 2.45) is 11.7 Å². The Bertz CT molecular complexity index is 581. The maximum atomic E-state index is 5.69. The summed E-state index contributed by atoms with van der Waals surface area (Å²) >= 11 is 0. The van der Waals surface area contributed by atoms with Crippen LogP contribution in [0.15, 0.2) is 24.3 Å². The highest BCUT2D eigenvalue weighted by Gasteiger charge is 2.18. The number of nitrogens with two attached hydrogens (primary N) is 1. The number of hydrogen-bond donors (Lipinski definition) is 1. The molecule has 0 atom stereocenters. The van der Waals surface area contributed by atoms with E-state index in [1.54, 1.807) is 0 Å². The molecule has 0 aliphatic carbocycles. The second-order valence-electron chi connectivity index (χ2n) is 6.27. The number of benzene rings is 1. The number of rotatable bonds is 5. The molecular weight excluding hydrogens is 260 g/mol. The van der Waals surface area contributed by atoms with Crippen LogP contribution in [0.1, 0.15) is 32.0 Å². The predicted molar refractivity (Wildman–Crippen MR) is 87.1 cm³/mol. The van der Waals surface area contributed by atoms with Gasteiger partial charge in [0.05, 0.1) is 17.6 Å². The second kappa shape index (κ2) is 6.58. The van der Waals surface area contributed by atoms with E-state index in [0.717, 1.165) is 37.5 Å². The van der Waals surface area contributed by atoms with E-state index in [2.05, 4.69) is 40.7 Å². The molecule has 0 amide bonds. The van der Waals surface area contributed by atoms with E-state index in [4.69, 9.17) is 10.7 Å². The number of aromatic nitrogens is 2. The highest BCUT2D eigenvalue weighted by molar-refractivity contribution is 5.75. The Morgan fingerprint density at radius 1 is 1.24 bits per heavy atom. The monoisotopic (exact) mass is 286 g/mol. The molecule has 0 unspecified atom stereocenters. The van der Waals surface area contributed by atoms with Crippen molar-refractivity contribution in [1.82, 2.24) is 14.5 Å². The Morgan fingerprint density at radius 3 is 2.76 bits per heavy atom. The molecule has 0 spiro atoms. The van der Waals surface area contributed by atoms with Crippen LogP contribution in [-0.4, -0.2) is 34.1 Å². The van der Waals surface area contributed by atoms with Crippen molar-refractivity contribution in [3.05, 3.63) is 30.1 Å². The highest BCUT2D eigenvalue weighted by atomic mass is 15.2. The van der Waals surface area contributed by atoms with Crippen molar-refractivity contribution in [1.29, 1.82) is 0 Å². The van der Waals surface area contributed by atoms with Gasteiger partial charge in [-0.15, -0.1) is 0 Å². The first-order valence-corrected chi connectivity index (χ1v) is 8.14. The van der Waals surface area contributed by atoms with Gasteiger partial charge in [-0.05, 0) is 56.9 Å². The summed E-state index contributed by atoms with van der Waals surface area (Å²) < 4.78 is 2.36. The van der Waals surface area contributed by atoms with Crippen LogP contribution in [0.2, 0.25) is 0 Å². The first-order valence-electron chi connectivity index (χ1n) is 8.14. The van der Waals surface area contributed by atoms with E-state index in [1.165, 1.54) is 37.3 Å². The third-order valence-electron chi connectivity index (χ3n) is 4.56. The molecule has 0 bridgehead atoms. The van der Waals surface area contributed by atoms with Crippen LogP contribution in [-0.2, 0) is 13.1 Å². The molecule has 4 nitrogen and oxygen atoms in total. The van der Waals surface area contributed by atoms with E-state index in [0.29, 0.717) is 0 Å². The quantitative estimate of drug-likeness (QED) is 0.919. The first kappa shape index (κ1) is 14.5. The summed E-state index contributed by atoms with van der Waals surface area (Å²) in [7, 11) is 0. The first-order chi connectivity index (χ1) is 10.3. The third-order valence-corrected chi connectivity index (χ3v) is 4.56. The van der Waals surface area contributed by atoms with Crippen molar-refractivity contribution < 1.29 is 0 Å². The summed E-state index contributed by atoms with van der Waals surface area (Å²) in [6.07, 6.45) is 3.62. The fourth-order valence-electron chi connectivity index (χ4n) is 3.17. The van der Waals surface area contributed by atoms with Crippen LogP contribution in [0, 0.1) is 5.92 Å². The SMILES string of the molecule is CC1CCN(Cc2nc3ccccc3n2CCCN)CC1. The van der Waals surface area contributed by atoms with Gasteiger partial charge >= 0.3 is 0 Å². The summed E-state index contributed by atoms with van der Waals surface area (Å²) in [5.41, 5.74) is 8.04. The molecule has 0 saturated carbocycles. The van der Waals surface area contributed by atoms with E-state index in [-0.39, 0.29) is 0 Å². The molecule has 1 saturated heterocycles. The average Bonchev–Trinajstić information content (AvgIpc) is 2.85. The van der Waals surface area contributed by atoms with Crippen LogP contribution >= 0.6 is 0 Å². The van der Waals surface area contributed by atoms with Crippen molar-refractivity contribution in [3.63, 3.8) is 0 Å². The van der Waals surface area contributed by atoms with E-state index in [1.807, 2.05) is 0 Å². The summed E-state index contributed by atoms with van der Waals surface area (Å²) in [6.45, 7) is 7.41. The molecule has 1 fully saturated rings. The minimum Gasteiger partial charge on any atom is -0.330 e. The van der Waals surface area contributed by atoms with Crippen molar-refractivity contribution in [2.75, 3.05) is 19.6 Å². The molecule has 21 heavy (non-hydrogen) atoms. The minimum absolute atomic E-state index is 0.729. The van der Waals surface area contributed by atoms with Gasteiger partial charge in [0.2, 0.25) is 0 Å².